The summed E-state index contributed by atoms with van der Waals surface area (Å²) >= 11 is 1.56. The third-order valence-corrected chi connectivity index (χ3v) is 3.55. The summed E-state index contributed by atoms with van der Waals surface area (Å²) < 4.78 is 11.2. The van der Waals surface area contributed by atoms with Gasteiger partial charge in [-0.1, -0.05) is 5.16 Å². The van der Waals surface area contributed by atoms with Gasteiger partial charge in [0.1, 0.15) is 16.5 Å². The summed E-state index contributed by atoms with van der Waals surface area (Å²) in [5.41, 5.74) is 2.38. The molecule has 0 bridgehead atoms. The summed E-state index contributed by atoms with van der Waals surface area (Å²) in [6, 6.07) is 5.86. The van der Waals surface area contributed by atoms with Gasteiger partial charge in [0.2, 0.25) is 0 Å². The van der Waals surface area contributed by atoms with Crippen LogP contribution in [0.2, 0.25) is 0 Å². The first-order valence-electron chi connectivity index (χ1n) is 5.61. The highest BCUT2D eigenvalue weighted by atomic mass is 32.1. The van der Waals surface area contributed by atoms with Crippen molar-refractivity contribution in [2.75, 3.05) is 6.61 Å². The summed E-state index contributed by atoms with van der Waals surface area (Å²) in [5.74, 6) is 0.857. The summed E-state index contributed by atoms with van der Waals surface area (Å²) in [5, 5.41) is 8.45. The molecule has 0 atom stereocenters. The lowest BCUT2D eigenvalue weighted by molar-refractivity contribution is 0.306. The molecule has 2 heterocycles. The molecule has 0 fully saturated rings. The Kier molecular flexibility index (Phi) is 2.71. The number of thiazole rings is 1. The Morgan fingerprint density at radius 2 is 2.22 bits per heavy atom. The van der Waals surface area contributed by atoms with E-state index in [9.17, 15) is 0 Å². The van der Waals surface area contributed by atoms with Crippen molar-refractivity contribution in [2.24, 2.45) is 0 Å². The molecule has 0 N–H and O–H groups in total. The Labute approximate surface area is 107 Å². The van der Waals surface area contributed by atoms with Gasteiger partial charge in [-0.05, 0) is 37.2 Å². The number of aromatic nitrogens is 3. The first kappa shape index (κ1) is 11.2. The van der Waals surface area contributed by atoms with Crippen LogP contribution in [-0.4, -0.2) is 21.9 Å². The van der Waals surface area contributed by atoms with E-state index in [2.05, 4.69) is 15.3 Å². The lowest BCUT2D eigenvalue weighted by atomic mass is 10.3. The van der Waals surface area contributed by atoms with Gasteiger partial charge in [-0.2, -0.15) is 0 Å². The lowest BCUT2D eigenvalue weighted by Crippen LogP contribution is -1.89. The van der Waals surface area contributed by atoms with Gasteiger partial charge in [0.15, 0.2) is 5.69 Å². The van der Waals surface area contributed by atoms with Gasteiger partial charge in [0.25, 0.3) is 0 Å². The Balaban J connectivity index is 2.08. The van der Waals surface area contributed by atoms with Crippen molar-refractivity contribution in [3.63, 3.8) is 0 Å². The van der Waals surface area contributed by atoms with Crippen molar-refractivity contribution in [2.45, 2.75) is 13.8 Å². The van der Waals surface area contributed by atoms with Crippen LogP contribution in [0.3, 0.4) is 0 Å². The van der Waals surface area contributed by atoms with Gasteiger partial charge in [-0.25, -0.2) is 9.61 Å². The number of fused-ring (bicyclic) bond motifs is 1. The zero-order chi connectivity index (χ0) is 12.5. The molecule has 0 saturated heterocycles. The van der Waals surface area contributed by atoms with E-state index < -0.39 is 0 Å². The maximum absolute atomic E-state index is 5.47. The minimum Gasteiger partial charge on any atom is -0.494 e. The van der Waals surface area contributed by atoms with E-state index in [0.29, 0.717) is 12.3 Å². The topological polar surface area (TPSA) is 61.0 Å². The monoisotopic (exact) mass is 261 g/mol. The molecule has 0 aliphatic heterocycles. The molecule has 0 amide bonds. The second-order valence-electron chi connectivity index (χ2n) is 3.78. The van der Waals surface area contributed by atoms with E-state index in [0.717, 1.165) is 26.7 Å². The quantitative estimate of drug-likeness (QED) is 0.725. The summed E-state index contributed by atoms with van der Waals surface area (Å²) in [7, 11) is 0. The molecule has 3 rings (SSSR count). The van der Waals surface area contributed by atoms with E-state index >= 15 is 0 Å². The fourth-order valence-corrected chi connectivity index (χ4v) is 2.72. The van der Waals surface area contributed by atoms with Crippen LogP contribution >= 0.6 is 11.3 Å². The molecule has 0 saturated carbocycles. The second kappa shape index (κ2) is 4.38. The third-order valence-electron chi connectivity index (χ3n) is 2.53. The van der Waals surface area contributed by atoms with Crippen molar-refractivity contribution in [1.82, 2.24) is 15.3 Å². The smallest absolute Gasteiger partial charge is 0.166 e. The van der Waals surface area contributed by atoms with Crippen molar-refractivity contribution < 1.29 is 9.37 Å². The molecule has 0 aliphatic carbocycles. The van der Waals surface area contributed by atoms with Crippen LogP contribution in [0, 0.1) is 6.92 Å². The molecule has 3 aromatic rings. The Hall–Kier alpha value is -1.95. The van der Waals surface area contributed by atoms with Crippen molar-refractivity contribution in [1.29, 1.82) is 0 Å². The van der Waals surface area contributed by atoms with Crippen LogP contribution in [0.1, 0.15) is 12.6 Å². The molecule has 2 aromatic heterocycles. The molecule has 18 heavy (non-hydrogen) atoms. The molecule has 0 radical (unpaired) electrons. The Morgan fingerprint density at radius 3 is 2.94 bits per heavy atom. The molecular weight excluding hydrogens is 250 g/mol. The van der Waals surface area contributed by atoms with Gasteiger partial charge < -0.3 is 4.74 Å². The highest BCUT2D eigenvalue weighted by molar-refractivity contribution is 7.21. The standard InChI is InChI=1S/C12H11N3O2S/c1-3-16-8-4-5-9-10(6-8)18-12(13-9)11-7(2)14-17-15-11/h4-6H,3H2,1-2H3. The SMILES string of the molecule is CCOc1ccc2nc(-c3nonc3C)sc2c1. The van der Waals surface area contributed by atoms with Crippen LogP contribution in [-0.2, 0) is 0 Å². The third kappa shape index (κ3) is 1.84. The average molecular weight is 261 g/mol. The van der Waals surface area contributed by atoms with Crippen molar-refractivity contribution in [3.8, 4) is 16.5 Å². The van der Waals surface area contributed by atoms with E-state index in [4.69, 9.17) is 9.37 Å². The van der Waals surface area contributed by atoms with Gasteiger partial charge in [0.05, 0.1) is 16.8 Å². The van der Waals surface area contributed by atoms with E-state index in [1.165, 1.54) is 0 Å². The first-order chi connectivity index (χ1) is 8.78. The molecule has 1 aromatic carbocycles. The van der Waals surface area contributed by atoms with Crippen LogP contribution in [0.4, 0.5) is 0 Å². The molecular formula is C12H11N3O2S. The number of aryl methyl sites for hydroxylation is 1. The lowest BCUT2D eigenvalue weighted by Gasteiger charge is -2.00. The van der Waals surface area contributed by atoms with Gasteiger partial charge in [0, 0.05) is 0 Å². The number of nitrogens with zero attached hydrogens (tertiary/aromatic N) is 3. The number of hydrogen-bond donors (Lipinski definition) is 0. The fraction of sp³-hybridized carbons (Fsp3) is 0.250. The summed E-state index contributed by atoms with van der Waals surface area (Å²) in [6.45, 7) is 4.47. The van der Waals surface area contributed by atoms with Gasteiger partial charge in [-0.15, -0.1) is 11.3 Å². The predicted molar refractivity (Wildman–Crippen MR) is 68.8 cm³/mol. The normalized spacial score (nSPS) is 11.0. The van der Waals surface area contributed by atoms with Gasteiger partial charge in [-0.3, -0.25) is 0 Å². The minimum absolute atomic E-state index is 0.656. The maximum atomic E-state index is 5.47. The fourth-order valence-electron chi connectivity index (χ4n) is 1.69. The van der Waals surface area contributed by atoms with E-state index in [1.807, 2.05) is 32.0 Å². The Bertz CT molecular complexity index is 690. The highest BCUT2D eigenvalue weighted by Crippen LogP contribution is 2.32. The molecule has 0 unspecified atom stereocenters. The zero-order valence-electron chi connectivity index (χ0n) is 10.0. The van der Waals surface area contributed by atoms with Crippen LogP contribution in [0.25, 0.3) is 20.9 Å². The molecule has 0 aliphatic rings. The van der Waals surface area contributed by atoms with E-state index in [1.54, 1.807) is 11.3 Å². The van der Waals surface area contributed by atoms with Crippen LogP contribution in [0.5, 0.6) is 5.75 Å². The molecule has 6 heteroatoms. The zero-order valence-corrected chi connectivity index (χ0v) is 10.8. The predicted octanol–water partition coefficient (Wildman–Crippen LogP) is 3.05. The number of hydrogen-bond acceptors (Lipinski definition) is 6. The largest absolute Gasteiger partial charge is 0.494 e. The second-order valence-corrected chi connectivity index (χ2v) is 4.81. The summed E-state index contributed by atoms with van der Waals surface area (Å²) in [6.07, 6.45) is 0. The number of rotatable bonds is 3. The summed E-state index contributed by atoms with van der Waals surface area (Å²) in [4.78, 5) is 4.52. The van der Waals surface area contributed by atoms with Crippen LogP contribution in [0.15, 0.2) is 22.8 Å². The molecule has 0 spiro atoms. The highest BCUT2D eigenvalue weighted by Gasteiger charge is 2.13. The van der Waals surface area contributed by atoms with Crippen LogP contribution < -0.4 is 4.74 Å². The number of ether oxygens (including phenoxy) is 1. The number of benzene rings is 1. The Morgan fingerprint density at radius 1 is 1.33 bits per heavy atom. The average Bonchev–Trinajstić information content (AvgIpc) is 2.94. The minimum atomic E-state index is 0.656. The molecule has 92 valence electrons. The van der Waals surface area contributed by atoms with E-state index in [-0.39, 0.29) is 0 Å². The maximum Gasteiger partial charge on any atom is 0.166 e. The molecule has 5 nitrogen and oxygen atoms in total. The van der Waals surface area contributed by atoms with Crippen molar-refractivity contribution >= 4 is 21.6 Å². The van der Waals surface area contributed by atoms with Crippen molar-refractivity contribution in [3.05, 3.63) is 23.9 Å². The first-order valence-corrected chi connectivity index (χ1v) is 6.42. The van der Waals surface area contributed by atoms with Gasteiger partial charge >= 0.3 is 0 Å².